The minimum absolute atomic E-state index is 0.0862. The molecule has 3 heteroatoms. The van der Waals surface area contributed by atoms with Crippen molar-refractivity contribution in [3.63, 3.8) is 0 Å². The van der Waals surface area contributed by atoms with E-state index >= 15 is 0 Å². The van der Waals surface area contributed by atoms with Crippen molar-refractivity contribution in [1.29, 1.82) is 0 Å². The second-order valence-electron chi connectivity index (χ2n) is 5.76. The standard InChI is InChI=1S/C15H18O3/c1-9-4-3-5-15(2)7-13-10(6-12(9)15)11(8-16)14(17)18-13/h4,7,12,16H,3,5-6,8H2,1-2H3/t12-,15?/m1/s1. The average molecular weight is 246 g/mol. The van der Waals surface area contributed by atoms with Crippen LogP contribution in [-0.2, 0) is 9.53 Å². The number of carbonyl (C=O) groups is 1. The molecular weight excluding hydrogens is 228 g/mol. The number of esters is 1. The molecule has 0 saturated heterocycles. The van der Waals surface area contributed by atoms with E-state index in [1.165, 1.54) is 5.57 Å². The molecule has 3 rings (SSSR count). The van der Waals surface area contributed by atoms with E-state index in [0.717, 1.165) is 24.8 Å². The van der Waals surface area contributed by atoms with E-state index in [1.807, 2.05) is 0 Å². The van der Waals surface area contributed by atoms with E-state index < -0.39 is 0 Å². The van der Waals surface area contributed by atoms with Gasteiger partial charge in [-0.15, -0.1) is 0 Å². The molecule has 1 aliphatic heterocycles. The number of aliphatic hydroxyl groups excluding tert-OH is 1. The summed E-state index contributed by atoms with van der Waals surface area (Å²) in [5.41, 5.74) is 2.84. The fourth-order valence-corrected chi connectivity index (χ4v) is 3.51. The van der Waals surface area contributed by atoms with Crippen molar-refractivity contribution in [3.8, 4) is 0 Å². The van der Waals surface area contributed by atoms with Gasteiger partial charge in [0.1, 0.15) is 5.76 Å². The zero-order valence-corrected chi connectivity index (χ0v) is 10.8. The third-order valence-corrected chi connectivity index (χ3v) is 4.63. The van der Waals surface area contributed by atoms with Crippen molar-refractivity contribution in [2.24, 2.45) is 11.3 Å². The van der Waals surface area contributed by atoms with Gasteiger partial charge in [0.25, 0.3) is 0 Å². The molecule has 0 radical (unpaired) electrons. The Morgan fingerprint density at radius 3 is 3.06 bits per heavy atom. The summed E-state index contributed by atoms with van der Waals surface area (Å²) in [6, 6.07) is 0. The van der Waals surface area contributed by atoms with E-state index in [2.05, 4.69) is 26.0 Å². The summed E-state index contributed by atoms with van der Waals surface area (Å²) in [6.45, 7) is 4.18. The van der Waals surface area contributed by atoms with Crippen LogP contribution >= 0.6 is 0 Å². The molecule has 2 atom stereocenters. The van der Waals surface area contributed by atoms with E-state index in [0.29, 0.717) is 17.3 Å². The quantitative estimate of drug-likeness (QED) is 0.571. The summed E-state index contributed by atoms with van der Waals surface area (Å²) in [4.78, 5) is 11.7. The molecule has 0 spiro atoms. The first kappa shape index (κ1) is 11.7. The molecular formula is C15H18O3. The summed E-state index contributed by atoms with van der Waals surface area (Å²) in [6.07, 6.45) is 7.39. The molecule has 1 N–H and O–H groups in total. The van der Waals surface area contributed by atoms with Gasteiger partial charge >= 0.3 is 5.97 Å². The van der Waals surface area contributed by atoms with Gasteiger partial charge in [0.2, 0.25) is 0 Å². The van der Waals surface area contributed by atoms with Gasteiger partial charge in [-0.2, -0.15) is 0 Å². The van der Waals surface area contributed by atoms with E-state index in [4.69, 9.17) is 4.74 Å². The number of aliphatic hydroxyl groups is 1. The largest absolute Gasteiger partial charge is 0.423 e. The highest BCUT2D eigenvalue weighted by atomic mass is 16.5. The van der Waals surface area contributed by atoms with Gasteiger partial charge in [0, 0.05) is 5.57 Å². The smallest absolute Gasteiger partial charge is 0.342 e. The SMILES string of the molecule is CC1=CCCC2(C)C=C3OC(=O)C(CO)=C3C[C@H]12. The molecule has 2 aliphatic carbocycles. The summed E-state index contributed by atoms with van der Waals surface area (Å²) in [7, 11) is 0. The molecule has 0 saturated carbocycles. The first-order chi connectivity index (χ1) is 8.55. The number of rotatable bonds is 1. The molecule has 1 heterocycles. The van der Waals surface area contributed by atoms with Crippen molar-refractivity contribution in [3.05, 3.63) is 34.6 Å². The van der Waals surface area contributed by atoms with Crippen LogP contribution in [0.5, 0.6) is 0 Å². The Morgan fingerprint density at radius 2 is 2.33 bits per heavy atom. The third-order valence-electron chi connectivity index (χ3n) is 4.63. The average Bonchev–Trinajstić information content (AvgIpc) is 2.60. The lowest BCUT2D eigenvalue weighted by Crippen LogP contribution is -2.33. The molecule has 96 valence electrons. The van der Waals surface area contributed by atoms with Gasteiger partial charge in [-0.05, 0) is 43.6 Å². The highest BCUT2D eigenvalue weighted by Gasteiger charge is 2.44. The zero-order chi connectivity index (χ0) is 12.9. The molecule has 0 fully saturated rings. The Balaban J connectivity index is 2.10. The van der Waals surface area contributed by atoms with E-state index in [9.17, 15) is 9.90 Å². The number of ether oxygens (including phenoxy) is 1. The Bertz CT molecular complexity index is 510. The minimum Gasteiger partial charge on any atom is -0.423 e. The van der Waals surface area contributed by atoms with Crippen LogP contribution in [0.1, 0.15) is 33.1 Å². The first-order valence-corrected chi connectivity index (χ1v) is 6.50. The maximum absolute atomic E-state index is 11.7. The molecule has 3 aliphatic rings. The highest BCUT2D eigenvalue weighted by molar-refractivity contribution is 5.95. The van der Waals surface area contributed by atoms with Crippen molar-refractivity contribution >= 4 is 5.97 Å². The maximum atomic E-state index is 11.7. The second kappa shape index (κ2) is 3.82. The van der Waals surface area contributed by atoms with E-state index in [-0.39, 0.29) is 18.0 Å². The topological polar surface area (TPSA) is 46.5 Å². The molecule has 3 nitrogen and oxygen atoms in total. The molecule has 18 heavy (non-hydrogen) atoms. The van der Waals surface area contributed by atoms with Gasteiger partial charge in [-0.25, -0.2) is 4.79 Å². The summed E-state index contributed by atoms with van der Waals surface area (Å²) in [5, 5.41) is 9.30. The molecule has 0 amide bonds. The van der Waals surface area contributed by atoms with Crippen molar-refractivity contribution in [2.75, 3.05) is 6.61 Å². The van der Waals surface area contributed by atoms with Crippen LogP contribution in [0, 0.1) is 11.3 Å². The van der Waals surface area contributed by atoms with Crippen LogP contribution < -0.4 is 0 Å². The molecule has 0 aromatic heterocycles. The van der Waals surface area contributed by atoms with Crippen LogP contribution in [0.15, 0.2) is 34.6 Å². The van der Waals surface area contributed by atoms with Crippen molar-refractivity contribution in [2.45, 2.75) is 33.1 Å². The van der Waals surface area contributed by atoms with Gasteiger partial charge < -0.3 is 9.84 Å². The third kappa shape index (κ3) is 1.50. The summed E-state index contributed by atoms with van der Waals surface area (Å²) in [5.74, 6) is 0.751. The van der Waals surface area contributed by atoms with Gasteiger partial charge in [0.05, 0.1) is 12.2 Å². The fraction of sp³-hybridized carbons (Fsp3) is 0.533. The Morgan fingerprint density at radius 1 is 1.56 bits per heavy atom. The predicted octanol–water partition coefficient (Wildman–Crippen LogP) is 2.48. The number of carbonyl (C=O) groups excluding carboxylic acids is 1. The van der Waals surface area contributed by atoms with Crippen LogP contribution in [0.4, 0.5) is 0 Å². The summed E-state index contributed by atoms with van der Waals surface area (Å²) >= 11 is 0. The van der Waals surface area contributed by atoms with Gasteiger partial charge in [-0.3, -0.25) is 0 Å². The summed E-state index contributed by atoms with van der Waals surface area (Å²) < 4.78 is 5.29. The number of hydrogen-bond donors (Lipinski definition) is 1. The monoisotopic (exact) mass is 246 g/mol. The van der Waals surface area contributed by atoms with Crippen LogP contribution in [0.2, 0.25) is 0 Å². The molecule has 1 unspecified atom stereocenters. The maximum Gasteiger partial charge on any atom is 0.342 e. The highest BCUT2D eigenvalue weighted by Crippen LogP contribution is 2.52. The number of fused-ring (bicyclic) bond motifs is 2. The lowest BCUT2D eigenvalue weighted by atomic mass is 9.62. The Kier molecular flexibility index (Phi) is 2.49. The number of allylic oxidation sites excluding steroid dienone is 4. The fourth-order valence-electron chi connectivity index (χ4n) is 3.51. The zero-order valence-electron chi connectivity index (χ0n) is 10.8. The van der Waals surface area contributed by atoms with Gasteiger partial charge in [0.15, 0.2) is 0 Å². The van der Waals surface area contributed by atoms with Crippen LogP contribution in [0.25, 0.3) is 0 Å². The Hall–Kier alpha value is -1.35. The van der Waals surface area contributed by atoms with Crippen molar-refractivity contribution in [1.82, 2.24) is 0 Å². The lowest BCUT2D eigenvalue weighted by molar-refractivity contribution is -0.133. The molecule has 0 aromatic rings. The molecule has 0 aromatic carbocycles. The van der Waals surface area contributed by atoms with E-state index in [1.54, 1.807) is 0 Å². The Labute approximate surface area is 107 Å². The lowest BCUT2D eigenvalue weighted by Gasteiger charge is -2.42. The minimum atomic E-state index is -0.373. The van der Waals surface area contributed by atoms with Crippen LogP contribution in [-0.4, -0.2) is 17.7 Å². The predicted molar refractivity (Wildman–Crippen MR) is 67.5 cm³/mol. The normalized spacial score (nSPS) is 34.6. The van der Waals surface area contributed by atoms with Crippen LogP contribution in [0.3, 0.4) is 0 Å². The van der Waals surface area contributed by atoms with Crippen molar-refractivity contribution < 1.29 is 14.6 Å². The molecule has 0 bridgehead atoms. The second-order valence-corrected chi connectivity index (χ2v) is 5.76. The van der Waals surface area contributed by atoms with Gasteiger partial charge in [-0.1, -0.05) is 18.6 Å². The number of hydrogen-bond acceptors (Lipinski definition) is 3. The first-order valence-electron chi connectivity index (χ1n) is 6.50.